The highest BCUT2D eigenvalue weighted by atomic mass is 31.2. The van der Waals surface area contributed by atoms with E-state index in [1.54, 1.807) is 37.4 Å². The number of hydrogen-bond acceptors (Lipinski definition) is 10. The topological polar surface area (TPSA) is 155 Å². The van der Waals surface area contributed by atoms with Crippen LogP contribution in [0.5, 0.6) is 11.5 Å². The van der Waals surface area contributed by atoms with E-state index in [2.05, 4.69) is 17.6 Å². The van der Waals surface area contributed by atoms with E-state index in [0.717, 1.165) is 34.3 Å². The van der Waals surface area contributed by atoms with E-state index in [-0.39, 0.29) is 18.3 Å². The summed E-state index contributed by atoms with van der Waals surface area (Å²) in [6.07, 6.45) is 3.66. The number of carbonyl (C=O) groups is 4. The van der Waals surface area contributed by atoms with Crippen LogP contribution in [0.4, 0.5) is 0 Å². The number of rotatable bonds is 26. The number of hydroxylamine groups is 2. The second kappa shape index (κ2) is 25.3. The molecule has 340 valence electrons. The van der Waals surface area contributed by atoms with Gasteiger partial charge in [-0.1, -0.05) is 108 Å². The average Bonchev–Trinajstić information content (AvgIpc) is 3.82. The van der Waals surface area contributed by atoms with Crippen LogP contribution in [0.1, 0.15) is 110 Å². The molecule has 3 amide bonds. The average molecular weight is 894 g/mol. The number of ether oxygens (including phenoxy) is 2. The Morgan fingerprint density at radius 3 is 2.08 bits per heavy atom. The van der Waals surface area contributed by atoms with E-state index >= 15 is 0 Å². The van der Waals surface area contributed by atoms with Gasteiger partial charge in [-0.25, -0.2) is 4.79 Å². The highest BCUT2D eigenvalue weighted by Gasteiger charge is 2.34. The van der Waals surface area contributed by atoms with Crippen LogP contribution < -0.4 is 25.4 Å². The Labute approximate surface area is 377 Å². The van der Waals surface area contributed by atoms with E-state index in [9.17, 15) is 19.2 Å². The number of benzene rings is 4. The first-order valence-corrected chi connectivity index (χ1v) is 23.0. The summed E-state index contributed by atoms with van der Waals surface area (Å²) < 4.78 is 30.2. The summed E-state index contributed by atoms with van der Waals surface area (Å²) in [5.41, 5.74) is 3.65. The van der Waals surface area contributed by atoms with E-state index in [4.69, 9.17) is 27.8 Å². The maximum absolute atomic E-state index is 13.8. The van der Waals surface area contributed by atoms with Crippen molar-refractivity contribution in [1.82, 2.24) is 15.7 Å². The van der Waals surface area contributed by atoms with Crippen molar-refractivity contribution in [3.05, 3.63) is 137 Å². The third-order valence-electron chi connectivity index (χ3n) is 10.5. The first-order valence-electron chi connectivity index (χ1n) is 21.8. The van der Waals surface area contributed by atoms with E-state index in [0.29, 0.717) is 79.4 Å². The molecule has 13 nitrogen and oxygen atoms in total. The Kier molecular flexibility index (Phi) is 19.4. The first kappa shape index (κ1) is 49.0. The van der Waals surface area contributed by atoms with Gasteiger partial charge in [-0.3, -0.25) is 14.4 Å². The molecular weight excluding hydrogens is 834 g/mol. The van der Waals surface area contributed by atoms with Crippen molar-refractivity contribution in [2.45, 2.75) is 91.9 Å². The quantitative estimate of drug-likeness (QED) is 0.0180. The van der Waals surface area contributed by atoms with E-state index < -0.39 is 38.1 Å². The lowest BCUT2D eigenvalue weighted by Gasteiger charge is -2.32. The molecule has 0 aliphatic heterocycles. The standard InChI is InChI=1S/C50H60N3O10P/c1-7-10-13-22-43(45(8-2)53(34-54)63-50(57)42-24-23-39(58-6)30-44(42)35(4)5)48(55)51-33-52-49(56)47-26-25-46(62-47)38-27-40(59-9-3)29-41(28-38)64(60-31-36-18-14-11-15-19-36)61-32-37-20-16-12-17-21-37/h11-12,14-21,23-30,34-35,43,45H,7-10,13,22,31-33H2,1-6H3,(H,51,55)(H,52,56). The Morgan fingerprint density at radius 1 is 0.797 bits per heavy atom. The van der Waals surface area contributed by atoms with Gasteiger partial charge in [0.05, 0.1) is 51.1 Å². The molecule has 64 heavy (non-hydrogen) atoms. The van der Waals surface area contributed by atoms with Gasteiger partial charge in [0.2, 0.25) is 20.7 Å². The highest BCUT2D eigenvalue weighted by molar-refractivity contribution is 7.56. The minimum atomic E-state index is -1.59. The molecule has 1 aromatic heterocycles. The fourth-order valence-electron chi connectivity index (χ4n) is 7.12. The van der Waals surface area contributed by atoms with Crippen molar-refractivity contribution in [1.29, 1.82) is 0 Å². The Bertz CT molecular complexity index is 2210. The predicted molar refractivity (Wildman–Crippen MR) is 247 cm³/mol. The van der Waals surface area contributed by atoms with Gasteiger partial charge in [-0.05, 0) is 90.9 Å². The summed E-state index contributed by atoms with van der Waals surface area (Å²) in [5, 5.41) is 7.22. The molecule has 5 rings (SSSR count). The second-order valence-corrected chi connectivity index (χ2v) is 16.9. The molecule has 2 unspecified atom stereocenters. The molecule has 0 aliphatic carbocycles. The number of unbranched alkanes of at least 4 members (excludes halogenated alkanes) is 2. The molecule has 1 heterocycles. The lowest BCUT2D eigenvalue weighted by Crippen LogP contribution is -2.49. The van der Waals surface area contributed by atoms with Gasteiger partial charge in [0.25, 0.3) is 5.91 Å². The number of nitrogens with zero attached hydrogens (tertiary/aromatic N) is 1. The maximum atomic E-state index is 13.8. The molecule has 0 fully saturated rings. The van der Waals surface area contributed by atoms with Gasteiger partial charge in [-0.2, -0.15) is 5.06 Å². The van der Waals surface area contributed by atoms with Crippen LogP contribution in [0.2, 0.25) is 0 Å². The minimum absolute atomic E-state index is 0.0276. The van der Waals surface area contributed by atoms with Gasteiger partial charge in [0.1, 0.15) is 17.3 Å². The Morgan fingerprint density at radius 2 is 1.48 bits per heavy atom. The number of hydrogen-bond donors (Lipinski definition) is 2. The summed E-state index contributed by atoms with van der Waals surface area (Å²) in [4.78, 5) is 58.9. The van der Waals surface area contributed by atoms with Crippen molar-refractivity contribution >= 4 is 37.9 Å². The first-order chi connectivity index (χ1) is 31.1. The lowest BCUT2D eigenvalue weighted by molar-refractivity contribution is -0.171. The normalized spacial score (nSPS) is 12.1. The monoisotopic (exact) mass is 893 g/mol. The summed E-state index contributed by atoms with van der Waals surface area (Å²) in [6.45, 7) is 10.5. The molecule has 2 atom stereocenters. The SMILES string of the molecule is CCCCCC(C(=O)NCNC(=O)c1ccc(-c2cc(OCC)cc(P(OCc3ccccc3)OCc3ccccc3)c2)o1)C(CC)N(C=O)OC(=O)c1ccc(OC)cc1C(C)C. The van der Waals surface area contributed by atoms with E-state index in [1.165, 1.54) is 0 Å². The molecule has 0 radical (unpaired) electrons. The van der Waals surface area contributed by atoms with Gasteiger partial charge >= 0.3 is 5.97 Å². The van der Waals surface area contributed by atoms with Crippen LogP contribution in [0, 0.1) is 5.92 Å². The van der Waals surface area contributed by atoms with Crippen molar-refractivity contribution in [2.24, 2.45) is 5.92 Å². The van der Waals surface area contributed by atoms with Crippen LogP contribution in [-0.4, -0.2) is 55.7 Å². The molecule has 5 aromatic rings. The number of carbonyl (C=O) groups excluding carboxylic acids is 4. The molecular formula is C50H60N3O10P. The largest absolute Gasteiger partial charge is 0.497 e. The number of nitrogens with one attached hydrogen (secondary N) is 2. The van der Waals surface area contributed by atoms with Crippen molar-refractivity contribution < 1.29 is 47.0 Å². The van der Waals surface area contributed by atoms with Crippen LogP contribution >= 0.6 is 8.38 Å². The number of methoxy groups -OCH3 is 1. The molecule has 0 spiro atoms. The van der Waals surface area contributed by atoms with Crippen molar-refractivity contribution in [2.75, 3.05) is 20.4 Å². The smallest absolute Gasteiger partial charge is 0.363 e. The Balaban J connectivity index is 1.28. The summed E-state index contributed by atoms with van der Waals surface area (Å²) >= 11 is 0. The highest BCUT2D eigenvalue weighted by Crippen LogP contribution is 2.42. The minimum Gasteiger partial charge on any atom is -0.497 e. The number of furan rings is 1. The molecule has 0 bridgehead atoms. The maximum Gasteiger partial charge on any atom is 0.363 e. The lowest BCUT2D eigenvalue weighted by atomic mass is 9.90. The molecule has 0 aliphatic rings. The van der Waals surface area contributed by atoms with Crippen molar-refractivity contribution in [3.8, 4) is 22.8 Å². The fourth-order valence-corrected chi connectivity index (χ4v) is 8.51. The summed E-state index contributed by atoms with van der Waals surface area (Å²) in [5.74, 6) is -0.830. The van der Waals surface area contributed by atoms with Gasteiger partial charge in [-0.15, -0.1) is 0 Å². The van der Waals surface area contributed by atoms with E-state index in [1.807, 2.05) is 107 Å². The van der Waals surface area contributed by atoms with Gasteiger partial charge in [0.15, 0.2) is 5.76 Å². The summed E-state index contributed by atoms with van der Waals surface area (Å²) in [6, 6.07) is 32.9. The Hall–Kier alpha value is -6.01. The molecule has 14 heteroatoms. The molecule has 0 saturated heterocycles. The fraction of sp³-hybridized carbons (Fsp3) is 0.360. The number of amides is 3. The molecule has 4 aromatic carbocycles. The second-order valence-electron chi connectivity index (χ2n) is 15.3. The predicted octanol–water partition coefficient (Wildman–Crippen LogP) is 9.86. The van der Waals surface area contributed by atoms with Crippen LogP contribution in [0.25, 0.3) is 11.3 Å². The molecule has 0 saturated carbocycles. The van der Waals surface area contributed by atoms with Crippen LogP contribution in [0.3, 0.4) is 0 Å². The zero-order valence-electron chi connectivity index (χ0n) is 37.5. The van der Waals surface area contributed by atoms with Gasteiger partial charge < -0.3 is 38.4 Å². The zero-order valence-corrected chi connectivity index (χ0v) is 38.4. The zero-order chi connectivity index (χ0) is 45.8. The third-order valence-corrected chi connectivity index (χ3v) is 11.9. The van der Waals surface area contributed by atoms with Crippen LogP contribution in [-0.2, 0) is 36.7 Å². The van der Waals surface area contributed by atoms with Crippen molar-refractivity contribution in [3.63, 3.8) is 0 Å². The van der Waals surface area contributed by atoms with Gasteiger partial charge in [0, 0.05) is 10.9 Å². The third kappa shape index (κ3) is 14.0. The summed E-state index contributed by atoms with van der Waals surface area (Å²) in [7, 11) is -0.0469. The molecule has 2 N–H and O–H groups in total. The van der Waals surface area contributed by atoms with Crippen LogP contribution in [0.15, 0.2) is 114 Å².